The molecule has 4 heterocycles. The van der Waals surface area contributed by atoms with Gasteiger partial charge in [0, 0.05) is 19.1 Å². The maximum absolute atomic E-state index is 13.6. The molecule has 1 aliphatic heterocycles. The van der Waals surface area contributed by atoms with Gasteiger partial charge in [-0.25, -0.2) is 4.79 Å². The van der Waals surface area contributed by atoms with Gasteiger partial charge < -0.3 is 14.3 Å². The molecule has 1 N–H and O–H groups in total. The number of anilines is 1. The molecule has 0 aliphatic carbocycles. The minimum Gasteiger partial charge on any atom is -0.464 e. The van der Waals surface area contributed by atoms with Crippen LogP contribution in [0, 0.1) is 6.92 Å². The third-order valence-electron chi connectivity index (χ3n) is 6.49. The number of para-hydroxylation sites is 2. The quantitative estimate of drug-likeness (QED) is 0.402. The van der Waals surface area contributed by atoms with E-state index >= 15 is 0 Å². The number of hydrogen-bond donors (Lipinski definition) is 1. The van der Waals surface area contributed by atoms with Crippen LogP contribution in [0.2, 0.25) is 5.02 Å². The molecule has 6 rings (SSSR count). The molecule has 34 heavy (non-hydrogen) atoms. The van der Waals surface area contributed by atoms with Gasteiger partial charge in [0.15, 0.2) is 0 Å². The molecule has 1 atom stereocenters. The van der Waals surface area contributed by atoms with E-state index in [1.807, 2.05) is 55.5 Å². The van der Waals surface area contributed by atoms with Crippen LogP contribution in [0.25, 0.3) is 27.8 Å². The highest BCUT2D eigenvalue weighted by Crippen LogP contribution is 2.45. The summed E-state index contributed by atoms with van der Waals surface area (Å²) in [6.07, 6.45) is 0. The zero-order chi connectivity index (χ0) is 23.7. The zero-order valence-electron chi connectivity index (χ0n) is 18.8. The molecule has 170 valence electrons. The van der Waals surface area contributed by atoms with Gasteiger partial charge in [-0.3, -0.25) is 13.9 Å². The molecule has 0 spiro atoms. The zero-order valence-corrected chi connectivity index (χ0v) is 19.6. The van der Waals surface area contributed by atoms with Gasteiger partial charge in [0.2, 0.25) is 0 Å². The third-order valence-corrected chi connectivity index (χ3v) is 6.74. The summed E-state index contributed by atoms with van der Waals surface area (Å²) < 4.78 is 10.8. The molecule has 0 radical (unpaired) electrons. The van der Waals surface area contributed by atoms with E-state index < -0.39 is 6.04 Å². The fourth-order valence-electron chi connectivity index (χ4n) is 4.92. The summed E-state index contributed by atoms with van der Waals surface area (Å²) in [5.74, 6) is 1.48. The molecule has 2 aromatic carbocycles. The summed E-state index contributed by atoms with van der Waals surface area (Å²) in [5.41, 5.74) is 3.91. The molecule has 0 saturated carbocycles. The Morgan fingerprint density at radius 1 is 0.941 bits per heavy atom. The minimum atomic E-state index is -0.412. The van der Waals surface area contributed by atoms with Gasteiger partial charge in [-0.15, -0.1) is 0 Å². The SMILES string of the molecule is Cc1ccc([C@H]2Nc3ccccc3-n3c(-c4ccc(Cl)cc4)c4c(=O)n(C)c(=O)n(C)c4c32)o1. The Labute approximate surface area is 199 Å². The topological polar surface area (TPSA) is 74.1 Å². The molecule has 1 aliphatic rings. The van der Waals surface area contributed by atoms with Crippen molar-refractivity contribution in [3.05, 3.63) is 104 Å². The summed E-state index contributed by atoms with van der Waals surface area (Å²) in [6, 6.07) is 18.7. The first kappa shape index (κ1) is 20.6. The molecular formula is C26H21ClN4O3. The number of nitrogens with one attached hydrogen (secondary N) is 1. The lowest BCUT2D eigenvalue weighted by molar-refractivity contribution is 0.469. The van der Waals surface area contributed by atoms with E-state index in [2.05, 4.69) is 9.88 Å². The van der Waals surface area contributed by atoms with Gasteiger partial charge in [-0.2, -0.15) is 0 Å². The summed E-state index contributed by atoms with van der Waals surface area (Å²) in [7, 11) is 3.20. The minimum absolute atomic E-state index is 0.350. The van der Waals surface area contributed by atoms with Crippen LogP contribution in [0.1, 0.15) is 23.3 Å². The number of aromatic nitrogens is 3. The predicted molar refractivity (Wildman–Crippen MR) is 133 cm³/mol. The highest BCUT2D eigenvalue weighted by Gasteiger charge is 2.35. The Balaban J connectivity index is 1.87. The van der Waals surface area contributed by atoms with Crippen LogP contribution in [0.4, 0.5) is 5.69 Å². The van der Waals surface area contributed by atoms with Crippen LogP contribution < -0.4 is 16.6 Å². The second-order valence-corrected chi connectivity index (χ2v) is 8.98. The molecule has 5 aromatic rings. The van der Waals surface area contributed by atoms with Crippen molar-refractivity contribution in [2.75, 3.05) is 5.32 Å². The van der Waals surface area contributed by atoms with Gasteiger partial charge in [-0.05, 0) is 48.9 Å². The predicted octanol–water partition coefficient (Wildman–Crippen LogP) is 4.76. The first-order valence-corrected chi connectivity index (χ1v) is 11.3. The maximum atomic E-state index is 13.6. The third kappa shape index (κ3) is 2.77. The van der Waals surface area contributed by atoms with Crippen molar-refractivity contribution in [1.29, 1.82) is 0 Å². The Bertz CT molecular complexity index is 1720. The number of rotatable bonds is 2. The van der Waals surface area contributed by atoms with Crippen LogP contribution in [0.3, 0.4) is 0 Å². The molecule has 7 nitrogen and oxygen atoms in total. The number of halogens is 1. The highest BCUT2D eigenvalue weighted by molar-refractivity contribution is 6.30. The van der Waals surface area contributed by atoms with Crippen LogP contribution in [-0.2, 0) is 14.1 Å². The molecule has 3 aromatic heterocycles. The molecule has 0 bridgehead atoms. The van der Waals surface area contributed by atoms with Gasteiger partial charge in [0.05, 0.1) is 33.7 Å². The van der Waals surface area contributed by atoms with Crippen molar-refractivity contribution in [2.45, 2.75) is 13.0 Å². The number of fused-ring (bicyclic) bond motifs is 5. The largest absolute Gasteiger partial charge is 0.464 e. The van der Waals surface area contributed by atoms with E-state index in [0.29, 0.717) is 27.4 Å². The number of furan rings is 1. The molecular weight excluding hydrogens is 452 g/mol. The number of nitrogens with zero attached hydrogens (tertiary/aromatic N) is 3. The fourth-order valence-corrected chi connectivity index (χ4v) is 5.05. The van der Waals surface area contributed by atoms with Crippen molar-refractivity contribution in [3.8, 4) is 16.9 Å². The van der Waals surface area contributed by atoms with Gasteiger partial charge >= 0.3 is 5.69 Å². The molecule has 0 fully saturated rings. The average Bonchev–Trinajstić information content (AvgIpc) is 3.43. The number of benzene rings is 2. The van der Waals surface area contributed by atoms with Crippen molar-refractivity contribution in [2.24, 2.45) is 14.1 Å². The second-order valence-electron chi connectivity index (χ2n) is 8.55. The highest BCUT2D eigenvalue weighted by atomic mass is 35.5. The maximum Gasteiger partial charge on any atom is 0.331 e. The Morgan fingerprint density at radius 3 is 2.38 bits per heavy atom. The summed E-state index contributed by atoms with van der Waals surface area (Å²) in [4.78, 5) is 26.6. The van der Waals surface area contributed by atoms with E-state index in [0.717, 1.165) is 33.0 Å². The van der Waals surface area contributed by atoms with Crippen LogP contribution in [0.5, 0.6) is 0 Å². The van der Waals surface area contributed by atoms with Crippen molar-refractivity contribution in [1.82, 2.24) is 13.7 Å². The lowest BCUT2D eigenvalue weighted by Crippen LogP contribution is -2.37. The Hall–Kier alpha value is -3.97. The normalized spacial score (nSPS) is 14.6. The monoisotopic (exact) mass is 472 g/mol. The first-order valence-electron chi connectivity index (χ1n) is 10.9. The van der Waals surface area contributed by atoms with E-state index in [-0.39, 0.29) is 11.2 Å². The molecule has 0 unspecified atom stereocenters. The van der Waals surface area contributed by atoms with E-state index in [9.17, 15) is 9.59 Å². The summed E-state index contributed by atoms with van der Waals surface area (Å²) >= 11 is 6.18. The fraction of sp³-hybridized carbons (Fsp3) is 0.154. The van der Waals surface area contributed by atoms with Crippen molar-refractivity contribution in [3.63, 3.8) is 0 Å². The lowest BCUT2D eigenvalue weighted by atomic mass is 10.1. The molecule has 0 saturated heterocycles. The number of hydrogen-bond acceptors (Lipinski definition) is 4. The molecule has 8 heteroatoms. The summed E-state index contributed by atoms with van der Waals surface area (Å²) in [5, 5.41) is 4.64. The van der Waals surface area contributed by atoms with Gasteiger partial charge in [0.25, 0.3) is 5.56 Å². The van der Waals surface area contributed by atoms with Crippen molar-refractivity contribution >= 4 is 28.2 Å². The number of aryl methyl sites for hydroxylation is 2. The van der Waals surface area contributed by atoms with Crippen molar-refractivity contribution < 1.29 is 4.42 Å². The smallest absolute Gasteiger partial charge is 0.331 e. The second kappa shape index (κ2) is 7.27. The van der Waals surface area contributed by atoms with Crippen LogP contribution in [0.15, 0.2) is 74.7 Å². The lowest BCUT2D eigenvalue weighted by Gasteiger charge is -2.29. The molecule has 0 amide bonds. The van der Waals surface area contributed by atoms with Crippen LogP contribution in [-0.4, -0.2) is 13.7 Å². The summed E-state index contributed by atoms with van der Waals surface area (Å²) in [6.45, 7) is 1.89. The van der Waals surface area contributed by atoms with Crippen LogP contribution >= 0.6 is 11.6 Å². The van der Waals surface area contributed by atoms with E-state index in [4.69, 9.17) is 16.0 Å². The Kier molecular flexibility index (Phi) is 4.41. The van der Waals surface area contributed by atoms with E-state index in [1.165, 1.54) is 7.05 Å². The standard InChI is InChI=1S/C26H21ClN4O3/c1-14-8-13-19(34-14)21-24-23-20(25(32)30(3)26(33)29(23)2)22(15-9-11-16(27)12-10-15)31(24)18-7-5-4-6-17(18)28-21/h4-13,21,28H,1-3H3/t21-/m1/s1. The van der Waals surface area contributed by atoms with Gasteiger partial charge in [0.1, 0.15) is 17.6 Å². The average molecular weight is 473 g/mol. The first-order chi connectivity index (χ1) is 16.4. The Morgan fingerprint density at radius 2 is 1.68 bits per heavy atom. The van der Waals surface area contributed by atoms with Gasteiger partial charge in [-0.1, -0.05) is 35.9 Å². The van der Waals surface area contributed by atoms with E-state index in [1.54, 1.807) is 23.7 Å².